The number of anilines is 1. The summed E-state index contributed by atoms with van der Waals surface area (Å²) in [6.07, 6.45) is 3.42. The highest BCUT2D eigenvalue weighted by atomic mass is 32.2. The van der Waals surface area contributed by atoms with E-state index >= 15 is 0 Å². The van der Waals surface area contributed by atoms with E-state index in [1.165, 1.54) is 23.1 Å². The SMILES string of the molecule is C=CCn1c(COc2cc(C)ccc2C)nnc1SCC(=O)Nc1nccs1. The van der Waals surface area contributed by atoms with Crippen molar-refractivity contribution in [3.63, 3.8) is 0 Å². The number of nitrogens with one attached hydrogen (secondary N) is 1. The number of rotatable bonds is 9. The van der Waals surface area contributed by atoms with Gasteiger partial charge in [-0.25, -0.2) is 4.98 Å². The lowest BCUT2D eigenvalue weighted by Gasteiger charge is -2.11. The van der Waals surface area contributed by atoms with Gasteiger partial charge in [0.25, 0.3) is 0 Å². The number of amides is 1. The van der Waals surface area contributed by atoms with Crippen molar-refractivity contribution in [2.75, 3.05) is 11.1 Å². The number of carbonyl (C=O) groups is 1. The van der Waals surface area contributed by atoms with Crippen LogP contribution in [-0.4, -0.2) is 31.4 Å². The van der Waals surface area contributed by atoms with E-state index in [4.69, 9.17) is 4.74 Å². The van der Waals surface area contributed by atoms with Gasteiger partial charge in [-0.1, -0.05) is 30.0 Å². The van der Waals surface area contributed by atoms with E-state index in [2.05, 4.69) is 27.1 Å². The first-order chi connectivity index (χ1) is 13.6. The number of hydrogen-bond acceptors (Lipinski definition) is 7. The van der Waals surface area contributed by atoms with Crippen LogP contribution in [0.1, 0.15) is 17.0 Å². The molecule has 2 heterocycles. The van der Waals surface area contributed by atoms with Crippen LogP contribution in [0.4, 0.5) is 5.13 Å². The van der Waals surface area contributed by atoms with Gasteiger partial charge in [-0.05, 0) is 31.0 Å². The highest BCUT2D eigenvalue weighted by Crippen LogP contribution is 2.22. The number of aromatic nitrogens is 4. The summed E-state index contributed by atoms with van der Waals surface area (Å²) >= 11 is 2.70. The predicted octanol–water partition coefficient (Wildman–Crippen LogP) is 3.85. The number of allylic oxidation sites excluding steroid dienone is 1. The van der Waals surface area contributed by atoms with Gasteiger partial charge in [0.05, 0.1) is 5.75 Å². The summed E-state index contributed by atoms with van der Waals surface area (Å²) in [4.78, 5) is 16.1. The molecule has 0 aliphatic carbocycles. The van der Waals surface area contributed by atoms with Crippen LogP contribution in [-0.2, 0) is 17.9 Å². The number of benzene rings is 1. The van der Waals surface area contributed by atoms with Crippen molar-refractivity contribution in [3.8, 4) is 5.75 Å². The van der Waals surface area contributed by atoms with E-state index in [1.54, 1.807) is 12.3 Å². The average molecular weight is 416 g/mol. The Bertz CT molecular complexity index is 953. The zero-order chi connectivity index (χ0) is 19.9. The molecule has 9 heteroatoms. The monoisotopic (exact) mass is 415 g/mol. The summed E-state index contributed by atoms with van der Waals surface area (Å²) in [7, 11) is 0. The van der Waals surface area contributed by atoms with E-state index in [0.29, 0.717) is 22.7 Å². The summed E-state index contributed by atoms with van der Waals surface area (Å²) in [5, 5.41) is 14.2. The maximum atomic E-state index is 12.1. The topological polar surface area (TPSA) is 81.9 Å². The van der Waals surface area contributed by atoms with Gasteiger partial charge in [0.15, 0.2) is 16.1 Å². The molecule has 0 spiro atoms. The Morgan fingerprint density at radius 2 is 2.25 bits per heavy atom. The average Bonchev–Trinajstić information content (AvgIpc) is 3.31. The van der Waals surface area contributed by atoms with Gasteiger partial charge >= 0.3 is 0 Å². The maximum absolute atomic E-state index is 12.1. The number of nitrogens with zero attached hydrogens (tertiary/aromatic N) is 4. The van der Waals surface area contributed by atoms with Gasteiger partial charge in [0, 0.05) is 18.1 Å². The molecule has 7 nitrogen and oxygen atoms in total. The van der Waals surface area contributed by atoms with Crippen LogP contribution in [0.2, 0.25) is 0 Å². The van der Waals surface area contributed by atoms with E-state index in [0.717, 1.165) is 16.9 Å². The maximum Gasteiger partial charge on any atom is 0.236 e. The first-order valence-corrected chi connectivity index (χ1v) is 10.5. The number of ether oxygens (including phenoxy) is 1. The van der Waals surface area contributed by atoms with Crippen LogP contribution >= 0.6 is 23.1 Å². The lowest BCUT2D eigenvalue weighted by Crippen LogP contribution is -2.14. The van der Waals surface area contributed by atoms with Crippen molar-refractivity contribution in [2.24, 2.45) is 0 Å². The molecule has 146 valence electrons. The Labute approximate surface area is 171 Å². The third-order valence-corrected chi connectivity index (χ3v) is 5.47. The second kappa shape index (κ2) is 9.52. The standard InChI is InChI=1S/C19H21N5O2S2/c1-4-8-24-16(11-26-15-10-13(2)5-6-14(15)3)22-23-19(24)28-12-17(25)21-18-20-7-9-27-18/h4-7,9-10H,1,8,11-12H2,2-3H3,(H,20,21,25). The molecule has 0 bridgehead atoms. The number of carbonyl (C=O) groups excluding carboxylic acids is 1. The molecule has 3 aromatic rings. The zero-order valence-corrected chi connectivity index (χ0v) is 17.3. The van der Waals surface area contributed by atoms with Gasteiger partial charge in [0.2, 0.25) is 5.91 Å². The van der Waals surface area contributed by atoms with E-state index < -0.39 is 0 Å². The number of aryl methyl sites for hydroxylation is 2. The first-order valence-electron chi connectivity index (χ1n) is 8.62. The van der Waals surface area contributed by atoms with Crippen molar-refractivity contribution >= 4 is 34.1 Å². The van der Waals surface area contributed by atoms with E-state index in [1.807, 2.05) is 42.0 Å². The van der Waals surface area contributed by atoms with Crippen molar-refractivity contribution in [2.45, 2.75) is 32.2 Å². The molecule has 0 saturated heterocycles. The van der Waals surface area contributed by atoms with Crippen molar-refractivity contribution < 1.29 is 9.53 Å². The molecule has 2 aromatic heterocycles. The quantitative estimate of drug-likeness (QED) is 0.422. The Morgan fingerprint density at radius 3 is 3.00 bits per heavy atom. The Morgan fingerprint density at radius 1 is 1.39 bits per heavy atom. The minimum absolute atomic E-state index is 0.138. The van der Waals surface area contributed by atoms with Gasteiger partial charge in [-0.2, -0.15) is 0 Å². The number of hydrogen-bond donors (Lipinski definition) is 1. The number of thiazole rings is 1. The molecule has 1 amide bonds. The third kappa shape index (κ3) is 5.20. The van der Waals surface area contributed by atoms with Crippen molar-refractivity contribution in [1.82, 2.24) is 19.7 Å². The molecule has 0 fully saturated rings. The largest absolute Gasteiger partial charge is 0.485 e. The van der Waals surface area contributed by atoms with Crippen LogP contribution in [0.5, 0.6) is 5.75 Å². The van der Waals surface area contributed by atoms with Crippen LogP contribution in [0, 0.1) is 13.8 Å². The molecule has 1 N–H and O–H groups in total. The van der Waals surface area contributed by atoms with Crippen molar-refractivity contribution in [3.05, 3.63) is 59.4 Å². The Hall–Kier alpha value is -2.65. The molecule has 0 aliphatic heterocycles. The van der Waals surface area contributed by atoms with E-state index in [9.17, 15) is 4.79 Å². The van der Waals surface area contributed by atoms with Crippen LogP contribution in [0.15, 0.2) is 47.6 Å². The molecular formula is C19H21N5O2S2. The molecule has 3 rings (SSSR count). The summed E-state index contributed by atoms with van der Waals surface area (Å²) in [6, 6.07) is 6.08. The normalized spacial score (nSPS) is 10.6. The number of thioether (sulfide) groups is 1. The fraction of sp³-hybridized carbons (Fsp3) is 0.263. The van der Waals surface area contributed by atoms with Crippen molar-refractivity contribution in [1.29, 1.82) is 0 Å². The molecule has 28 heavy (non-hydrogen) atoms. The Balaban J connectivity index is 1.64. The fourth-order valence-electron chi connectivity index (χ4n) is 2.42. The van der Waals surface area contributed by atoms with Gasteiger partial charge < -0.3 is 10.1 Å². The molecule has 1 aromatic carbocycles. The molecular weight excluding hydrogens is 394 g/mol. The molecule has 0 saturated carbocycles. The summed E-state index contributed by atoms with van der Waals surface area (Å²) in [5.41, 5.74) is 2.20. The third-order valence-electron chi connectivity index (χ3n) is 3.82. The highest BCUT2D eigenvalue weighted by molar-refractivity contribution is 7.99. The van der Waals surface area contributed by atoms with Gasteiger partial charge in [-0.15, -0.1) is 28.1 Å². The van der Waals surface area contributed by atoms with Crippen LogP contribution in [0.3, 0.4) is 0 Å². The van der Waals surface area contributed by atoms with E-state index in [-0.39, 0.29) is 18.3 Å². The van der Waals surface area contributed by atoms with Gasteiger partial charge in [0.1, 0.15) is 12.4 Å². The first kappa shape index (κ1) is 20.1. The Kier molecular flexibility index (Phi) is 6.83. The fourth-order valence-corrected chi connectivity index (χ4v) is 3.73. The van der Waals surface area contributed by atoms with Crippen LogP contribution < -0.4 is 10.1 Å². The smallest absolute Gasteiger partial charge is 0.236 e. The van der Waals surface area contributed by atoms with Gasteiger partial charge in [-0.3, -0.25) is 9.36 Å². The second-order valence-corrected chi connectivity index (χ2v) is 7.87. The molecule has 0 aliphatic rings. The summed E-state index contributed by atoms with van der Waals surface area (Å²) < 4.78 is 7.85. The summed E-state index contributed by atoms with van der Waals surface area (Å²) in [6.45, 7) is 8.65. The lowest BCUT2D eigenvalue weighted by atomic mass is 10.1. The second-order valence-electron chi connectivity index (χ2n) is 6.03. The minimum atomic E-state index is -0.138. The summed E-state index contributed by atoms with van der Waals surface area (Å²) in [5.74, 6) is 1.59. The molecule has 0 unspecified atom stereocenters. The minimum Gasteiger partial charge on any atom is -0.485 e. The molecule has 0 radical (unpaired) electrons. The lowest BCUT2D eigenvalue weighted by molar-refractivity contribution is -0.113. The van der Waals surface area contributed by atoms with Crippen LogP contribution in [0.25, 0.3) is 0 Å². The zero-order valence-electron chi connectivity index (χ0n) is 15.7. The highest BCUT2D eigenvalue weighted by Gasteiger charge is 2.15. The molecule has 0 atom stereocenters. The predicted molar refractivity (Wildman–Crippen MR) is 112 cm³/mol.